The number of hydrogen-bond donors (Lipinski definition) is 1. The number of fused-ring (bicyclic) bond motifs is 1. The first-order valence-electron chi connectivity index (χ1n) is 9.61. The average molecular weight is 403 g/mol. The Morgan fingerprint density at radius 1 is 1.10 bits per heavy atom. The summed E-state index contributed by atoms with van der Waals surface area (Å²) < 4.78 is 8.27. The van der Waals surface area contributed by atoms with Crippen LogP contribution >= 0.6 is 0 Å². The Hall–Kier alpha value is -3.94. The third kappa shape index (κ3) is 3.67. The fourth-order valence-electron chi connectivity index (χ4n) is 3.27. The maximum absolute atomic E-state index is 13.1. The van der Waals surface area contributed by atoms with Crippen molar-refractivity contribution in [3.63, 3.8) is 0 Å². The van der Waals surface area contributed by atoms with Gasteiger partial charge in [0, 0.05) is 5.39 Å². The lowest BCUT2D eigenvalue weighted by molar-refractivity contribution is -0.117. The summed E-state index contributed by atoms with van der Waals surface area (Å²) in [6.45, 7) is 3.91. The summed E-state index contributed by atoms with van der Waals surface area (Å²) in [5, 5.41) is 12.1. The van der Waals surface area contributed by atoms with E-state index in [2.05, 4.69) is 15.5 Å². The van der Waals surface area contributed by atoms with E-state index in [4.69, 9.17) is 4.74 Å². The second-order valence-corrected chi connectivity index (χ2v) is 6.68. The van der Waals surface area contributed by atoms with Crippen LogP contribution in [0.4, 0.5) is 5.69 Å². The van der Waals surface area contributed by atoms with Crippen LogP contribution in [0.2, 0.25) is 0 Å². The van der Waals surface area contributed by atoms with E-state index in [9.17, 15) is 9.59 Å². The Bertz CT molecular complexity index is 1260. The molecule has 2 aromatic carbocycles. The fraction of sp³-hybridized carbons (Fsp3) is 0.182. The highest BCUT2D eigenvalue weighted by Gasteiger charge is 2.17. The van der Waals surface area contributed by atoms with Crippen molar-refractivity contribution >= 4 is 22.5 Å². The van der Waals surface area contributed by atoms with Gasteiger partial charge in [-0.1, -0.05) is 30.3 Å². The van der Waals surface area contributed by atoms with Gasteiger partial charge < -0.3 is 10.1 Å². The number of rotatable bonds is 6. The van der Waals surface area contributed by atoms with Crippen LogP contribution in [-0.2, 0) is 11.3 Å². The molecular formula is C22H21N5O3. The summed E-state index contributed by atoms with van der Waals surface area (Å²) in [4.78, 5) is 25.8. The lowest BCUT2D eigenvalue weighted by atomic mass is 10.2. The van der Waals surface area contributed by atoms with E-state index in [0.29, 0.717) is 34.6 Å². The van der Waals surface area contributed by atoms with Crippen LogP contribution in [0.1, 0.15) is 12.6 Å². The van der Waals surface area contributed by atoms with Crippen molar-refractivity contribution in [2.24, 2.45) is 0 Å². The molecule has 0 radical (unpaired) electrons. The van der Waals surface area contributed by atoms with Crippen LogP contribution in [0.25, 0.3) is 16.6 Å². The molecule has 30 heavy (non-hydrogen) atoms. The first-order chi connectivity index (χ1) is 14.6. The van der Waals surface area contributed by atoms with E-state index >= 15 is 0 Å². The molecule has 4 rings (SSSR count). The van der Waals surface area contributed by atoms with Gasteiger partial charge in [-0.3, -0.25) is 9.59 Å². The van der Waals surface area contributed by atoms with Gasteiger partial charge in [0.1, 0.15) is 17.8 Å². The van der Waals surface area contributed by atoms with Crippen LogP contribution in [0, 0.1) is 6.92 Å². The van der Waals surface area contributed by atoms with Crippen molar-refractivity contribution in [3.8, 4) is 11.4 Å². The topological polar surface area (TPSA) is 91.0 Å². The van der Waals surface area contributed by atoms with E-state index < -0.39 is 0 Å². The van der Waals surface area contributed by atoms with Crippen LogP contribution in [0.15, 0.2) is 65.6 Å². The quantitative estimate of drug-likeness (QED) is 0.535. The number of anilines is 1. The predicted octanol–water partition coefficient (Wildman–Crippen LogP) is 2.93. The Kier molecular flexibility index (Phi) is 5.30. The predicted molar refractivity (Wildman–Crippen MR) is 114 cm³/mol. The van der Waals surface area contributed by atoms with Crippen molar-refractivity contribution < 1.29 is 9.53 Å². The lowest BCUT2D eigenvalue weighted by Gasteiger charge is -2.12. The van der Waals surface area contributed by atoms with E-state index in [1.54, 1.807) is 36.0 Å². The normalized spacial score (nSPS) is 10.9. The van der Waals surface area contributed by atoms with E-state index in [-0.39, 0.29) is 18.0 Å². The zero-order chi connectivity index (χ0) is 21.1. The van der Waals surface area contributed by atoms with E-state index in [0.717, 1.165) is 10.4 Å². The molecule has 8 nitrogen and oxygen atoms in total. The summed E-state index contributed by atoms with van der Waals surface area (Å²) >= 11 is 0. The monoisotopic (exact) mass is 403 g/mol. The standard InChI is InChI=1S/C22H21N5O3/c1-3-30-19-12-8-7-11-18(19)24-20(28)14-26-22(29)21-17(15(2)25-26)13-23-27(21)16-9-5-4-6-10-16/h4-13H,3,14H2,1-2H3,(H,24,28). The lowest BCUT2D eigenvalue weighted by Crippen LogP contribution is -2.31. The molecule has 0 unspecified atom stereocenters. The first-order valence-corrected chi connectivity index (χ1v) is 9.61. The second kappa shape index (κ2) is 8.20. The highest BCUT2D eigenvalue weighted by atomic mass is 16.5. The van der Waals surface area contributed by atoms with Crippen LogP contribution in [-0.4, -0.2) is 32.1 Å². The van der Waals surface area contributed by atoms with E-state index in [1.165, 1.54) is 0 Å². The third-order valence-electron chi connectivity index (χ3n) is 4.62. The minimum absolute atomic E-state index is 0.226. The number of amides is 1. The maximum Gasteiger partial charge on any atom is 0.293 e. The van der Waals surface area contributed by atoms with Gasteiger partial charge in [-0.2, -0.15) is 10.2 Å². The molecule has 0 fully saturated rings. The van der Waals surface area contributed by atoms with Gasteiger partial charge in [0.25, 0.3) is 5.56 Å². The fourth-order valence-corrected chi connectivity index (χ4v) is 3.27. The number of carbonyl (C=O) groups excluding carboxylic acids is 1. The molecule has 0 aliphatic rings. The number of hydrogen-bond acceptors (Lipinski definition) is 5. The number of para-hydroxylation sites is 3. The summed E-state index contributed by atoms with van der Waals surface area (Å²) in [6, 6.07) is 16.5. The van der Waals surface area contributed by atoms with Crippen LogP contribution in [0.5, 0.6) is 5.75 Å². The number of nitrogens with zero attached hydrogens (tertiary/aromatic N) is 4. The summed E-state index contributed by atoms with van der Waals surface area (Å²) in [7, 11) is 0. The molecule has 152 valence electrons. The van der Waals surface area contributed by atoms with Gasteiger partial charge in [0.15, 0.2) is 0 Å². The van der Waals surface area contributed by atoms with Gasteiger partial charge >= 0.3 is 0 Å². The molecule has 0 saturated heterocycles. The molecule has 1 amide bonds. The average Bonchev–Trinajstić information content (AvgIpc) is 3.20. The molecule has 1 N–H and O–H groups in total. The zero-order valence-electron chi connectivity index (χ0n) is 16.7. The molecule has 0 spiro atoms. The largest absolute Gasteiger partial charge is 0.492 e. The molecule has 4 aromatic rings. The number of ether oxygens (including phenoxy) is 1. The molecular weight excluding hydrogens is 382 g/mol. The Labute approximate surface area is 172 Å². The highest BCUT2D eigenvalue weighted by Crippen LogP contribution is 2.23. The minimum Gasteiger partial charge on any atom is -0.492 e. The SMILES string of the molecule is CCOc1ccccc1NC(=O)Cn1nc(C)c2cnn(-c3ccccc3)c2c1=O. The number of aromatic nitrogens is 4. The Morgan fingerprint density at radius 2 is 1.83 bits per heavy atom. The molecule has 0 atom stereocenters. The molecule has 8 heteroatoms. The van der Waals surface area contributed by atoms with Crippen LogP contribution < -0.4 is 15.6 Å². The Balaban J connectivity index is 1.68. The van der Waals surface area contributed by atoms with Crippen molar-refractivity contribution in [2.75, 3.05) is 11.9 Å². The zero-order valence-corrected chi connectivity index (χ0v) is 16.7. The molecule has 0 aliphatic carbocycles. The van der Waals surface area contributed by atoms with Crippen molar-refractivity contribution in [1.29, 1.82) is 0 Å². The van der Waals surface area contributed by atoms with Crippen molar-refractivity contribution in [2.45, 2.75) is 20.4 Å². The van der Waals surface area contributed by atoms with Gasteiger partial charge in [-0.15, -0.1) is 0 Å². The Morgan fingerprint density at radius 3 is 2.60 bits per heavy atom. The second-order valence-electron chi connectivity index (χ2n) is 6.68. The number of benzene rings is 2. The minimum atomic E-state index is -0.384. The van der Waals surface area contributed by atoms with Gasteiger partial charge in [0.05, 0.1) is 29.9 Å². The summed E-state index contributed by atoms with van der Waals surface area (Å²) in [5.41, 5.74) is 1.93. The molecule has 2 heterocycles. The third-order valence-corrected chi connectivity index (χ3v) is 4.62. The van der Waals surface area contributed by atoms with Crippen molar-refractivity contribution in [1.82, 2.24) is 19.6 Å². The number of aryl methyl sites for hydroxylation is 1. The molecule has 2 aromatic heterocycles. The molecule has 0 bridgehead atoms. The van der Waals surface area contributed by atoms with E-state index in [1.807, 2.05) is 43.3 Å². The summed E-state index contributed by atoms with van der Waals surface area (Å²) in [5.74, 6) is 0.198. The van der Waals surface area contributed by atoms with Crippen molar-refractivity contribution in [3.05, 3.63) is 76.8 Å². The molecule has 0 saturated carbocycles. The number of carbonyl (C=O) groups is 1. The highest BCUT2D eigenvalue weighted by molar-refractivity contribution is 5.92. The maximum atomic E-state index is 13.1. The smallest absolute Gasteiger partial charge is 0.293 e. The van der Waals surface area contributed by atoms with Gasteiger partial charge in [-0.05, 0) is 38.1 Å². The summed E-state index contributed by atoms with van der Waals surface area (Å²) in [6.07, 6.45) is 1.62. The van der Waals surface area contributed by atoms with Crippen LogP contribution in [0.3, 0.4) is 0 Å². The first kappa shape index (κ1) is 19.4. The van der Waals surface area contributed by atoms with Gasteiger partial charge in [-0.25, -0.2) is 9.36 Å². The number of nitrogens with one attached hydrogen (secondary N) is 1. The van der Waals surface area contributed by atoms with Gasteiger partial charge in [0.2, 0.25) is 5.91 Å². The molecule has 0 aliphatic heterocycles.